The molecule has 2 N–H and O–H groups in total. The molecule has 0 unspecified atom stereocenters. The van der Waals surface area contributed by atoms with Crippen LogP contribution in [-0.4, -0.2) is 28.4 Å². The van der Waals surface area contributed by atoms with Crippen LogP contribution in [0.4, 0.5) is 0 Å². The predicted molar refractivity (Wildman–Crippen MR) is 53.6 cm³/mol. The van der Waals surface area contributed by atoms with Crippen molar-refractivity contribution in [1.82, 2.24) is 10.3 Å². The molecule has 0 aromatic carbocycles. The van der Waals surface area contributed by atoms with Crippen molar-refractivity contribution < 1.29 is 9.90 Å². The van der Waals surface area contributed by atoms with Crippen molar-refractivity contribution in [2.75, 3.05) is 12.4 Å². The number of carbonyl (C=O) groups excluding carboxylic acids is 1. The lowest BCUT2D eigenvalue weighted by molar-refractivity contribution is 0.0951. The fraction of sp³-hybridized carbons (Fsp3) is 0.333. The van der Waals surface area contributed by atoms with Gasteiger partial charge in [-0.05, 0) is 12.5 Å². The number of alkyl halides is 1. The highest BCUT2D eigenvalue weighted by atomic mass is 35.5. The molecule has 0 atom stereocenters. The van der Waals surface area contributed by atoms with Gasteiger partial charge in [0.1, 0.15) is 5.75 Å². The SMILES string of the molecule is O=C(NCCCCl)c1ccncc1O. The second-order valence-electron chi connectivity index (χ2n) is 2.69. The number of aromatic nitrogens is 1. The minimum Gasteiger partial charge on any atom is -0.505 e. The number of hydrogen-bond donors (Lipinski definition) is 2. The van der Waals surface area contributed by atoms with Gasteiger partial charge in [-0.15, -0.1) is 11.6 Å². The van der Waals surface area contributed by atoms with E-state index in [0.717, 1.165) is 0 Å². The second kappa shape index (κ2) is 5.44. The van der Waals surface area contributed by atoms with Crippen LogP contribution >= 0.6 is 11.6 Å². The third-order valence-corrected chi connectivity index (χ3v) is 1.91. The highest BCUT2D eigenvalue weighted by Gasteiger charge is 2.08. The summed E-state index contributed by atoms with van der Waals surface area (Å²) in [5.41, 5.74) is 0.231. The van der Waals surface area contributed by atoms with Crippen LogP contribution < -0.4 is 5.32 Å². The van der Waals surface area contributed by atoms with E-state index in [9.17, 15) is 9.90 Å². The molecule has 0 saturated carbocycles. The Morgan fingerprint density at radius 2 is 2.43 bits per heavy atom. The van der Waals surface area contributed by atoms with Crippen molar-refractivity contribution in [3.05, 3.63) is 24.0 Å². The number of carbonyl (C=O) groups is 1. The molecule has 1 heterocycles. The zero-order valence-corrected chi connectivity index (χ0v) is 8.29. The molecule has 76 valence electrons. The Hall–Kier alpha value is -1.29. The lowest BCUT2D eigenvalue weighted by Crippen LogP contribution is -2.24. The van der Waals surface area contributed by atoms with Gasteiger partial charge in [-0.2, -0.15) is 0 Å². The molecule has 14 heavy (non-hydrogen) atoms. The third-order valence-electron chi connectivity index (χ3n) is 1.64. The molecule has 0 radical (unpaired) electrons. The van der Waals surface area contributed by atoms with E-state index in [1.807, 2.05) is 0 Å². The lowest BCUT2D eigenvalue weighted by atomic mass is 10.2. The van der Waals surface area contributed by atoms with Gasteiger partial charge < -0.3 is 10.4 Å². The van der Waals surface area contributed by atoms with Crippen molar-refractivity contribution >= 4 is 17.5 Å². The van der Waals surface area contributed by atoms with E-state index in [0.29, 0.717) is 18.8 Å². The van der Waals surface area contributed by atoms with Gasteiger partial charge in [0.2, 0.25) is 0 Å². The number of nitrogens with one attached hydrogen (secondary N) is 1. The molecular weight excluding hydrogens is 204 g/mol. The monoisotopic (exact) mass is 214 g/mol. The Kier molecular flexibility index (Phi) is 4.19. The molecule has 1 rings (SSSR count). The molecule has 5 heteroatoms. The highest BCUT2D eigenvalue weighted by Crippen LogP contribution is 2.12. The highest BCUT2D eigenvalue weighted by molar-refractivity contribution is 6.17. The molecule has 0 fully saturated rings. The fourth-order valence-electron chi connectivity index (χ4n) is 0.942. The van der Waals surface area contributed by atoms with Gasteiger partial charge in [0, 0.05) is 18.6 Å². The van der Waals surface area contributed by atoms with Gasteiger partial charge in [0.05, 0.1) is 11.8 Å². The number of aromatic hydroxyl groups is 1. The lowest BCUT2D eigenvalue weighted by Gasteiger charge is -2.04. The first-order valence-corrected chi connectivity index (χ1v) is 4.76. The molecule has 0 aliphatic rings. The first-order valence-electron chi connectivity index (χ1n) is 4.23. The fourth-order valence-corrected chi connectivity index (χ4v) is 1.08. The first-order chi connectivity index (χ1) is 6.75. The van der Waals surface area contributed by atoms with Crippen molar-refractivity contribution in [3.8, 4) is 5.75 Å². The maximum absolute atomic E-state index is 11.4. The summed E-state index contributed by atoms with van der Waals surface area (Å²) in [6.07, 6.45) is 3.39. The molecule has 0 saturated heterocycles. The van der Waals surface area contributed by atoms with E-state index in [1.165, 1.54) is 18.5 Å². The van der Waals surface area contributed by atoms with E-state index < -0.39 is 0 Å². The summed E-state index contributed by atoms with van der Waals surface area (Å²) in [6, 6.07) is 1.46. The number of rotatable bonds is 4. The Morgan fingerprint density at radius 3 is 3.07 bits per heavy atom. The van der Waals surface area contributed by atoms with Crippen LogP contribution in [0.2, 0.25) is 0 Å². The van der Waals surface area contributed by atoms with E-state index >= 15 is 0 Å². The topological polar surface area (TPSA) is 62.2 Å². The summed E-state index contributed by atoms with van der Waals surface area (Å²) in [6.45, 7) is 0.504. The summed E-state index contributed by atoms with van der Waals surface area (Å²) in [5.74, 6) is 0.0775. The van der Waals surface area contributed by atoms with Crippen LogP contribution in [0.5, 0.6) is 5.75 Å². The molecule has 0 aliphatic carbocycles. The minimum atomic E-state index is -0.310. The zero-order chi connectivity index (χ0) is 10.4. The third kappa shape index (κ3) is 2.88. The molecule has 0 spiro atoms. The number of amides is 1. The van der Waals surface area contributed by atoms with Gasteiger partial charge in [-0.3, -0.25) is 9.78 Å². The molecule has 1 amide bonds. The Morgan fingerprint density at radius 1 is 1.64 bits per heavy atom. The molecule has 1 aromatic rings. The van der Waals surface area contributed by atoms with Gasteiger partial charge in [-0.1, -0.05) is 0 Å². The number of hydrogen-bond acceptors (Lipinski definition) is 3. The van der Waals surface area contributed by atoms with Gasteiger partial charge in [0.25, 0.3) is 5.91 Å². The van der Waals surface area contributed by atoms with Gasteiger partial charge >= 0.3 is 0 Å². The van der Waals surface area contributed by atoms with Crippen molar-refractivity contribution in [2.24, 2.45) is 0 Å². The van der Waals surface area contributed by atoms with Gasteiger partial charge in [0.15, 0.2) is 0 Å². The molecule has 0 aliphatic heterocycles. The Balaban J connectivity index is 2.56. The van der Waals surface area contributed by atoms with Crippen LogP contribution in [0.25, 0.3) is 0 Å². The van der Waals surface area contributed by atoms with Gasteiger partial charge in [-0.25, -0.2) is 0 Å². The average Bonchev–Trinajstić information content (AvgIpc) is 2.18. The maximum Gasteiger partial charge on any atom is 0.255 e. The second-order valence-corrected chi connectivity index (χ2v) is 3.07. The van der Waals surface area contributed by atoms with Crippen LogP contribution in [0.3, 0.4) is 0 Å². The number of halogens is 1. The standard InChI is InChI=1S/C9H11ClN2O2/c10-3-1-4-12-9(14)7-2-5-11-6-8(7)13/h2,5-6,13H,1,3-4H2,(H,12,14). The average molecular weight is 215 g/mol. The van der Waals surface area contributed by atoms with E-state index in [-0.39, 0.29) is 17.2 Å². The van der Waals surface area contributed by atoms with E-state index in [4.69, 9.17) is 11.6 Å². The van der Waals surface area contributed by atoms with Crippen LogP contribution in [0.1, 0.15) is 16.8 Å². The van der Waals surface area contributed by atoms with Crippen molar-refractivity contribution in [1.29, 1.82) is 0 Å². The Bertz CT molecular complexity index is 317. The molecular formula is C9H11ClN2O2. The molecule has 4 nitrogen and oxygen atoms in total. The smallest absolute Gasteiger partial charge is 0.255 e. The van der Waals surface area contributed by atoms with E-state index in [2.05, 4.69) is 10.3 Å². The minimum absolute atomic E-state index is 0.115. The Labute approximate surface area is 86.9 Å². The first kappa shape index (κ1) is 10.8. The predicted octanol–water partition coefficient (Wildman–Crippen LogP) is 1.15. The summed E-state index contributed by atoms with van der Waals surface area (Å²) in [7, 11) is 0. The number of nitrogens with zero attached hydrogens (tertiary/aromatic N) is 1. The largest absolute Gasteiger partial charge is 0.505 e. The zero-order valence-electron chi connectivity index (χ0n) is 7.53. The summed E-state index contributed by atoms with van der Waals surface area (Å²) >= 11 is 5.45. The quantitative estimate of drug-likeness (QED) is 0.584. The van der Waals surface area contributed by atoms with Crippen LogP contribution in [0, 0.1) is 0 Å². The summed E-state index contributed by atoms with van der Waals surface area (Å²) in [4.78, 5) is 15.1. The van der Waals surface area contributed by atoms with Crippen molar-refractivity contribution in [3.63, 3.8) is 0 Å². The molecule has 1 aromatic heterocycles. The van der Waals surface area contributed by atoms with Crippen LogP contribution in [-0.2, 0) is 0 Å². The van der Waals surface area contributed by atoms with Crippen molar-refractivity contribution in [2.45, 2.75) is 6.42 Å². The van der Waals surface area contributed by atoms with Crippen LogP contribution in [0.15, 0.2) is 18.5 Å². The summed E-state index contributed by atoms with van der Waals surface area (Å²) in [5, 5.41) is 11.9. The number of pyridine rings is 1. The maximum atomic E-state index is 11.4. The molecule has 0 bridgehead atoms. The normalized spacial score (nSPS) is 9.79. The van der Waals surface area contributed by atoms with E-state index in [1.54, 1.807) is 0 Å². The summed E-state index contributed by atoms with van der Waals surface area (Å²) < 4.78 is 0.